The molecule has 24 heavy (non-hydrogen) atoms. The zero-order valence-corrected chi connectivity index (χ0v) is 14.3. The van der Waals surface area contributed by atoms with Crippen LogP contribution in [-0.4, -0.2) is 22.3 Å². The first-order chi connectivity index (χ1) is 11.6. The van der Waals surface area contributed by atoms with E-state index < -0.39 is 0 Å². The van der Waals surface area contributed by atoms with E-state index in [1.165, 1.54) is 11.3 Å². The Bertz CT molecular complexity index is 940. The minimum Gasteiger partial charge on any atom is -0.338 e. The van der Waals surface area contributed by atoms with Gasteiger partial charge in [0.05, 0.1) is 15.7 Å². The minimum atomic E-state index is -0.324. The fraction of sp³-hybridized carbons (Fsp3) is 0.222. The van der Waals surface area contributed by atoms with Crippen LogP contribution in [0.2, 0.25) is 5.02 Å². The van der Waals surface area contributed by atoms with Crippen LogP contribution < -0.4 is 0 Å². The Morgan fingerprint density at radius 3 is 2.96 bits per heavy atom. The molecule has 2 aromatic carbocycles. The molecule has 0 atom stereocenters. The number of hydrogen-bond donors (Lipinski definition) is 0. The van der Waals surface area contributed by atoms with Gasteiger partial charge in [-0.15, -0.1) is 11.3 Å². The highest BCUT2D eigenvalue weighted by Gasteiger charge is 2.24. The molecule has 1 fully saturated rings. The van der Waals surface area contributed by atoms with Gasteiger partial charge in [0, 0.05) is 35.7 Å². The second-order valence-corrected chi connectivity index (χ2v) is 7.18. The predicted octanol–water partition coefficient (Wildman–Crippen LogP) is 4.88. The van der Waals surface area contributed by atoms with Gasteiger partial charge in [-0.2, -0.15) is 0 Å². The van der Waals surface area contributed by atoms with Gasteiger partial charge in [-0.25, -0.2) is 9.37 Å². The summed E-state index contributed by atoms with van der Waals surface area (Å²) in [7, 11) is 0. The molecule has 0 spiro atoms. The highest BCUT2D eigenvalue weighted by Crippen LogP contribution is 2.36. The van der Waals surface area contributed by atoms with E-state index in [4.69, 9.17) is 11.6 Å². The molecule has 1 amide bonds. The lowest BCUT2D eigenvalue weighted by atomic mass is 10.0. The SMILES string of the molecule is O=C1CCCN1Cc1cc2scnc2c(-c2cccc(Cl)c2)c1F. The summed E-state index contributed by atoms with van der Waals surface area (Å²) in [6, 6.07) is 8.93. The lowest BCUT2D eigenvalue weighted by molar-refractivity contribution is -0.128. The van der Waals surface area contributed by atoms with Crippen molar-refractivity contribution >= 4 is 39.1 Å². The summed E-state index contributed by atoms with van der Waals surface area (Å²) in [5.41, 5.74) is 4.03. The second-order valence-electron chi connectivity index (χ2n) is 5.85. The first-order valence-electron chi connectivity index (χ1n) is 7.72. The summed E-state index contributed by atoms with van der Waals surface area (Å²) < 4.78 is 16.2. The van der Waals surface area contributed by atoms with Crippen LogP contribution >= 0.6 is 22.9 Å². The predicted molar refractivity (Wildman–Crippen MR) is 94.7 cm³/mol. The highest BCUT2D eigenvalue weighted by molar-refractivity contribution is 7.16. The number of likely N-dealkylation sites (tertiary alicyclic amines) is 1. The maximum atomic E-state index is 15.3. The fourth-order valence-electron chi connectivity index (χ4n) is 3.13. The van der Waals surface area contributed by atoms with Gasteiger partial charge in [0.2, 0.25) is 5.91 Å². The van der Waals surface area contributed by atoms with Gasteiger partial charge >= 0.3 is 0 Å². The van der Waals surface area contributed by atoms with Crippen molar-refractivity contribution in [2.75, 3.05) is 6.54 Å². The van der Waals surface area contributed by atoms with Crippen molar-refractivity contribution < 1.29 is 9.18 Å². The topological polar surface area (TPSA) is 33.2 Å². The third-order valence-electron chi connectivity index (χ3n) is 4.28. The zero-order chi connectivity index (χ0) is 16.7. The van der Waals surface area contributed by atoms with Crippen molar-refractivity contribution in [3.05, 3.63) is 52.2 Å². The largest absolute Gasteiger partial charge is 0.338 e. The summed E-state index contributed by atoms with van der Waals surface area (Å²) in [4.78, 5) is 17.9. The quantitative estimate of drug-likeness (QED) is 0.667. The molecule has 2 heterocycles. The van der Waals surface area contributed by atoms with Crippen molar-refractivity contribution in [2.45, 2.75) is 19.4 Å². The van der Waals surface area contributed by atoms with E-state index in [2.05, 4.69) is 4.98 Å². The molecule has 3 nitrogen and oxygen atoms in total. The van der Waals surface area contributed by atoms with Gasteiger partial charge in [0.1, 0.15) is 5.82 Å². The number of hydrogen-bond acceptors (Lipinski definition) is 3. The number of amides is 1. The number of benzene rings is 2. The van der Waals surface area contributed by atoms with E-state index in [1.807, 2.05) is 12.1 Å². The van der Waals surface area contributed by atoms with Gasteiger partial charge < -0.3 is 4.90 Å². The molecule has 1 aliphatic rings. The molecular formula is C18H14ClFN2OS. The van der Waals surface area contributed by atoms with E-state index in [0.29, 0.717) is 46.7 Å². The van der Waals surface area contributed by atoms with Crippen LogP contribution in [0, 0.1) is 5.82 Å². The smallest absolute Gasteiger partial charge is 0.222 e. The lowest BCUT2D eigenvalue weighted by Gasteiger charge is -2.17. The van der Waals surface area contributed by atoms with Crippen LogP contribution in [0.4, 0.5) is 4.39 Å². The van der Waals surface area contributed by atoms with Crippen molar-refractivity contribution in [3.63, 3.8) is 0 Å². The number of carbonyl (C=O) groups excluding carboxylic acids is 1. The molecular weight excluding hydrogens is 347 g/mol. The maximum absolute atomic E-state index is 15.3. The number of rotatable bonds is 3. The van der Waals surface area contributed by atoms with E-state index in [0.717, 1.165) is 11.1 Å². The first-order valence-corrected chi connectivity index (χ1v) is 8.97. The van der Waals surface area contributed by atoms with Gasteiger partial charge in [0.15, 0.2) is 0 Å². The molecule has 0 saturated carbocycles. The Balaban J connectivity index is 1.87. The van der Waals surface area contributed by atoms with Crippen LogP contribution in [0.5, 0.6) is 0 Å². The number of aromatic nitrogens is 1. The average Bonchev–Trinajstić information content (AvgIpc) is 3.17. The third kappa shape index (κ3) is 2.68. The molecule has 0 bridgehead atoms. The number of fused-ring (bicyclic) bond motifs is 1. The fourth-order valence-corrected chi connectivity index (χ4v) is 4.07. The van der Waals surface area contributed by atoms with Gasteiger partial charge in [0.25, 0.3) is 0 Å². The minimum absolute atomic E-state index is 0.0862. The lowest BCUT2D eigenvalue weighted by Crippen LogP contribution is -2.24. The number of nitrogens with zero attached hydrogens (tertiary/aromatic N) is 2. The summed E-state index contributed by atoms with van der Waals surface area (Å²) in [6.07, 6.45) is 1.38. The molecule has 0 N–H and O–H groups in total. The number of halogens is 2. The van der Waals surface area contributed by atoms with Gasteiger partial charge in [-0.05, 0) is 30.2 Å². The molecule has 6 heteroatoms. The highest BCUT2D eigenvalue weighted by atomic mass is 35.5. The third-order valence-corrected chi connectivity index (χ3v) is 5.30. The maximum Gasteiger partial charge on any atom is 0.222 e. The summed E-state index contributed by atoms with van der Waals surface area (Å²) >= 11 is 7.54. The van der Waals surface area contributed by atoms with Crippen LogP contribution in [0.15, 0.2) is 35.8 Å². The Kier molecular flexibility index (Phi) is 3.98. The Hall–Kier alpha value is -1.98. The van der Waals surface area contributed by atoms with Crippen molar-refractivity contribution in [1.29, 1.82) is 0 Å². The Morgan fingerprint density at radius 1 is 1.33 bits per heavy atom. The summed E-state index contributed by atoms with van der Waals surface area (Å²) in [6.45, 7) is 0.984. The van der Waals surface area contributed by atoms with Crippen molar-refractivity contribution in [3.8, 4) is 11.1 Å². The molecule has 0 aliphatic carbocycles. The molecule has 1 aliphatic heterocycles. The molecule has 1 aromatic heterocycles. The van der Waals surface area contributed by atoms with E-state index in [-0.39, 0.29) is 11.7 Å². The van der Waals surface area contributed by atoms with Crippen LogP contribution in [0.1, 0.15) is 18.4 Å². The summed E-state index contributed by atoms with van der Waals surface area (Å²) in [5, 5.41) is 0.551. The first kappa shape index (κ1) is 15.5. The Labute approximate surface area is 147 Å². The molecule has 4 rings (SSSR count). The van der Waals surface area contributed by atoms with Crippen LogP contribution in [0.25, 0.3) is 21.3 Å². The van der Waals surface area contributed by atoms with Crippen LogP contribution in [0.3, 0.4) is 0 Å². The standard InChI is InChI=1S/C18H14ClFN2OS/c19-13-4-1-3-11(7-13)16-17(20)12(8-14-18(16)21-10-24-14)9-22-6-2-5-15(22)23/h1,3-4,7-8,10H,2,5-6,9H2. The Morgan fingerprint density at radius 2 is 2.21 bits per heavy atom. The van der Waals surface area contributed by atoms with E-state index in [9.17, 15) is 4.79 Å². The van der Waals surface area contributed by atoms with Crippen molar-refractivity contribution in [1.82, 2.24) is 9.88 Å². The molecule has 1 saturated heterocycles. The molecule has 3 aromatic rings. The van der Waals surface area contributed by atoms with Gasteiger partial charge in [-0.3, -0.25) is 4.79 Å². The number of thiazole rings is 1. The van der Waals surface area contributed by atoms with Gasteiger partial charge in [-0.1, -0.05) is 23.7 Å². The molecule has 122 valence electrons. The van der Waals surface area contributed by atoms with E-state index in [1.54, 1.807) is 28.6 Å². The number of carbonyl (C=O) groups is 1. The average molecular weight is 361 g/mol. The monoisotopic (exact) mass is 360 g/mol. The van der Waals surface area contributed by atoms with E-state index >= 15 is 4.39 Å². The molecule has 0 unspecified atom stereocenters. The molecule has 0 radical (unpaired) electrons. The second kappa shape index (κ2) is 6.15. The van der Waals surface area contributed by atoms with Crippen molar-refractivity contribution in [2.24, 2.45) is 0 Å². The summed E-state index contributed by atoms with van der Waals surface area (Å²) in [5.74, 6) is -0.238. The zero-order valence-electron chi connectivity index (χ0n) is 12.8. The normalized spacial score (nSPS) is 14.8. The van der Waals surface area contributed by atoms with Crippen LogP contribution in [-0.2, 0) is 11.3 Å².